The number of amides is 2. The zero-order chi connectivity index (χ0) is 18.5. The van der Waals surface area contributed by atoms with Crippen LogP contribution >= 0.6 is 11.6 Å². The molecule has 0 saturated carbocycles. The van der Waals surface area contributed by atoms with Gasteiger partial charge in [-0.1, -0.05) is 29.8 Å². The van der Waals surface area contributed by atoms with E-state index in [0.29, 0.717) is 31.0 Å². The number of para-hydroxylation sites is 1. The first-order chi connectivity index (χ1) is 12.5. The topological polar surface area (TPSA) is 107 Å². The van der Waals surface area contributed by atoms with Gasteiger partial charge in [-0.2, -0.15) is 0 Å². The molecule has 1 aromatic carbocycles. The van der Waals surface area contributed by atoms with E-state index < -0.39 is 12.0 Å². The Balaban J connectivity index is 1.68. The van der Waals surface area contributed by atoms with Crippen molar-refractivity contribution in [2.45, 2.75) is 6.42 Å². The lowest BCUT2D eigenvalue weighted by Crippen LogP contribution is -2.28. The second-order valence-corrected chi connectivity index (χ2v) is 6.40. The number of hydrogen-bond acceptors (Lipinski definition) is 5. The Morgan fingerprint density at radius 3 is 2.73 bits per heavy atom. The number of halogens is 1. The first-order valence-electron chi connectivity index (χ1n) is 8.14. The monoisotopic (exact) mass is 375 g/mol. The predicted molar refractivity (Wildman–Crippen MR) is 97.6 cm³/mol. The van der Waals surface area contributed by atoms with Crippen LogP contribution in [0.1, 0.15) is 16.9 Å². The van der Waals surface area contributed by atoms with Crippen molar-refractivity contribution in [3.8, 4) is 0 Å². The lowest BCUT2D eigenvalue weighted by atomic mass is 10.1. The fraction of sp³-hybridized carbons (Fsp3) is 0.294. The van der Waals surface area contributed by atoms with Crippen molar-refractivity contribution < 1.29 is 14.7 Å². The van der Waals surface area contributed by atoms with Gasteiger partial charge < -0.3 is 20.6 Å². The molecule has 2 aromatic rings. The molecule has 136 valence electrons. The van der Waals surface area contributed by atoms with Crippen molar-refractivity contribution in [1.29, 1.82) is 0 Å². The van der Waals surface area contributed by atoms with Gasteiger partial charge in [-0.25, -0.2) is 4.79 Å². The number of rotatable bonds is 5. The maximum absolute atomic E-state index is 12.5. The van der Waals surface area contributed by atoms with Crippen molar-refractivity contribution in [2.24, 2.45) is 5.92 Å². The number of carbonyl (C=O) groups excluding carboxylic acids is 1. The minimum Gasteiger partial charge on any atom is -0.465 e. The molecule has 0 spiro atoms. The minimum atomic E-state index is -0.913. The molecule has 1 aliphatic heterocycles. The lowest BCUT2D eigenvalue weighted by molar-refractivity contribution is 0.102. The van der Waals surface area contributed by atoms with Crippen molar-refractivity contribution in [1.82, 2.24) is 15.1 Å². The quantitative estimate of drug-likeness (QED) is 0.741. The highest BCUT2D eigenvalue weighted by atomic mass is 35.5. The Morgan fingerprint density at radius 2 is 2.04 bits per heavy atom. The summed E-state index contributed by atoms with van der Waals surface area (Å²) in [7, 11) is 0. The summed E-state index contributed by atoms with van der Waals surface area (Å²) in [5, 5.41) is 22.8. The summed E-state index contributed by atoms with van der Waals surface area (Å²) in [6, 6.07) is 10.6. The van der Waals surface area contributed by atoms with E-state index >= 15 is 0 Å². The normalized spacial score (nSPS) is 16.3. The van der Waals surface area contributed by atoms with E-state index in [1.165, 1.54) is 4.90 Å². The van der Waals surface area contributed by atoms with Crippen LogP contribution in [0.5, 0.6) is 0 Å². The molecule has 8 nitrogen and oxygen atoms in total. The first-order valence-corrected chi connectivity index (χ1v) is 8.52. The third-order valence-corrected chi connectivity index (χ3v) is 4.33. The highest BCUT2D eigenvalue weighted by molar-refractivity contribution is 6.29. The summed E-state index contributed by atoms with van der Waals surface area (Å²) in [6.07, 6.45) is -0.152. The maximum Gasteiger partial charge on any atom is 0.407 e. The third-order valence-electron chi connectivity index (χ3n) is 4.15. The van der Waals surface area contributed by atoms with Crippen LogP contribution in [-0.2, 0) is 0 Å². The average Bonchev–Trinajstić information content (AvgIpc) is 3.10. The number of carbonyl (C=O) groups is 2. The zero-order valence-corrected chi connectivity index (χ0v) is 14.6. The van der Waals surface area contributed by atoms with E-state index in [0.717, 1.165) is 6.42 Å². The van der Waals surface area contributed by atoms with E-state index in [-0.39, 0.29) is 16.8 Å². The molecule has 0 aliphatic carbocycles. The van der Waals surface area contributed by atoms with Crippen LogP contribution in [0.3, 0.4) is 0 Å². The van der Waals surface area contributed by atoms with Crippen molar-refractivity contribution in [3.05, 3.63) is 47.2 Å². The Bertz CT molecular complexity index is 802. The lowest BCUT2D eigenvalue weighted by Gasteiger charge is -2.15. The van der Waals surface area contributed by atoms with Crippen LogP contribution in [0, 0.1) is 5.92 Å². The van der Waals surface area contributed by atoms with Gasteiger partial charge in [0.05, 0.1) is 5.69 Å². The van der Waals surface area contributed by atoms with Crippen LogP contribution in [0.15, 0.2) is 36.4 Å². The molecule has 2 heterocycles. The SMILES string of the molecule is O=C(Nc1ccccc1)c1nnc(Cl)cc1NCC1CCN(C(=O)O)C1. The Hall–Kier alpha value is -2.87. The minimum absolute atomic E-state index is 0.131. The first kappa shape index (κ1) is 17.9. The highest BCUT2D eigenvalue weighted by Crippen LogP contribution is 2.21. The van der Waals surface area contributed by atoms with Gasteiger partial charge >= 0.3 is 6.09 Å². The van der Waals surface area contributed by atoms with E-state index in [2.05, 4.69) is 20.8 Å². The molecule has 1 aliphatic rings. The second-order valence-electron chi connectivity index (χ2n) is 6.01. The molecule has 0 bridgehead atoms. The fourth-order valence-corrected chi connectivity index (χ4v) is 2.96. The van der Waals surface area contributed by atoms with E-state index in [1.54, 1.807) is 18.2 Å². The van der Waals surface area contributed by atoms with Crippen LogP contribution in [0.25, 0.3) is 0 Å². The predicted octanol–water partition coefficient (Wildman–Crippen LogP) is 2.79. The van der Waals surface area contributed by atoms with Gasteiger partial charge in [-0.05, 0) is 24.5 Å². The smallest absolute Gasteiger partial charge is 0.407 e. The molecule has 26 heavy (non-hydrogen) atoms. The summed E-state index contributed by atoms with van der Waals surface area (Å²) in [4.78, 5) is 24.9. The van der Waals surface area contributed by atoms with E-state index in [4.69, 9.17) is 16.7 Å². The number of benzene rings is 1. The van der Waals surface area contributed by atoms with Crippen LogP contribution in [0.2, 0.25) is 5.15 Å². The molecule has 9 heteroatoms. The van der Waals surface area contributed by atoms with Gasteiger partial charge in [0.1, 0.15) is 0 Å². The van der Waals surface area contributed by atoms with Gasteiger partial charge in [0.15, 0.2) is 10.8 Å². The van der Waals surface area contributed by atoms with Crippen LogP contribution in [0.4, 0.5) is 16.2 Å². The molecule has 0 radical (unpaired) electrons. The van der Waals surface area contributed by atoms with Crippen molar-refractivity contribution >= 4 is 35.0 Å². The molecule has 3 rings (SSSR count). The molecule has 1 saturated heterocycles. The molecule has 1 aromatic heterocycles. The maximum atomic E-state index is 12.5. The van der Waals surface area contributed by atoms with E-state index in [1.807, 2.05) is 18.2 Å². The van der Waals surface area contributed by atoms with Gasteiger partial charge in [0.25, 0.3) is 5.91 Å². The third kappa shape index (κ3) is 4.40. The van der Waals surface area contributed by atoms with E-state index in [9.17, 15) is 9.59 Å². The van der Waals surface area contributed by atoms with Gasteiger partial charge in [0.2, 0.25) is 0 Å². The van der Waals surface area contributed by atoms with Crippen LogP contribution < -0.4 is 10.6 Å². The summed E-state index contributed by atoms with van der Waals surface area (Å²) < 4.78 is 0. The highest BCUT2D eigenvalue weighted by Gasteiger charge is 2.26. The molecule has 2 amide bonds. The summed E-state index contributed by atoms with van der Waals surface area (Å²) >= 11 is 5.91. The Labute approximate surface area is 155 Å². The van der Waals surface area contributed by atoms with Crippen LogP contribution in [-0.4, -0.2) is 51.8 Å². The Kier molecular flexibility index (Phi) is 5.52. The largest absolute Gasteiger partial charge is 0.465 e. The molecular weight excluding hydrogens is 358 g/mol. The summed E-state index contributed by atoms with van der Waals surface area (Å²) in [6.45, 7) is 1.48. The fourth-order valence-electron chi connectivity index (χ4n) is 2.81. The Morgan fingerprint density at radius 1 is 1.27 bits per heavy atom. The van der Waals surface area contributed by atoms with Gasteiger partial charge in [-0.15, -0.1) is 10.2 Å². The van der Waals surface area contributed by atoms with Gasteiger partial charge in [0, 0.05) is 31.4 Å². The number of nitrogens with zero attached hydrogens (tertiary/aromatic N) is 3. The summed E-state index contributed by atoms with van der Waals surface area (Å²) in [5.41, 5.74) is 1.24. The van der Waals surface area contributed by atoms with Crippen molar-refractivity contribution in [2.75, 3.05) is 30.3 Å². The van der Waals surface area contributed by atoms with Gasteiger partial charge in [-0.3, -0.25) is 4.79 Å². The average molecular weight is 376 g/mol. The standard InChI is InChI=1S/C17H18ClN5O3/c18-14-8-13(19-9-11-6-7-23(10-11)17(25)26)15(22-21-14)16(24)20-12-4-2-1-3-5-12/h1-5,8,11H,6-7,9-10H2,(H,19,21)(H,20,24)(H,25,26). The summed E-state index contributed by atoms with van der Waals surface area (Å²) in [5.74, 6) is -0.246. The van der Waals surface area contributed by atoms with Crippen molar-refractivity contribution in [3.63, 3.8) is 0 Å². The number of likely N-dealkylation sites (tertiary alicyclic amines) is 1. The number of hydrogen-bond donors (Lipinski definition) is 3. The molecule has 3 N–H and O–H groups in total. The molecule has 1 atom stereocenters. The molecule has 1 unspecified atom stereocenters. The number of aromatic nitrogens is 2. The number of carboxylic acid groups (broad SMARTS) is 1. The second kappa shape index (κ2) is 8.01. The molecule has 1 fully saturated rings. The number of anilines is 2. The number of nitrogens with one attached hydrogen (secondary N) is 2. The zero-order valence-electron chi connectivity index (χ0n) is 13.9. The molecular formula is C17H18ClN5O3.